The lowest BCUT2D eigenvalue weighted by Crippen LogP contribution is -2.61. The first-order valence-corrected chi connectivity index (χ1v) is 7.53. The molecule has 0 spiro atoms. The third kappa shape index (κ3) is 2.90. The van der Waals surface area contributed by atoms with Crippen LogP contribution in [-0.2, 0) is 24.3 Å². The van der Waals surface area contributed by atoms with Crippen molar-refractivity contribution < 1.29 is 23.8 Å². The highest BCUT2D eigenvalue weighted by atomic mass is 16.7. The first-order chi connectivity index (χ1) is 11.3. The Kier molecular flexibility index (Phi) is 3.68. The molecular formula is C16H18N2O5. The fraction of sp³-hybridized carbons (Fsp3) is 0.438. The number of nitrogens with zero attached hydrogens (tertiary/aromatic N) is 1. The van der Waals surface area contributed by atoms with Gasteiger partial charge < -0.3 is 29.2 Å². The van der Waals surface area contributed by atoms with E-state index in [9.17, 15) is 0 Å². The largest absolute Gasteiger partial charge is 0.454 e. The molecule has 23 heavy (non-hydrogen) atoms. The lowest BCUT2D eigenvalue weighted by atomic mass is 9.91. The molecule has 2 aliphatic rings. The lowest BCUT2D eigenvalue weighted by molar-refractivity contribution is -0.0755. The lowest BCUT2D eigenvalue weighted by Gasteiger charge is -2.42. The molecule has 1 saturated heterocycles. The van der Waals surface area contributed by atoms with E-state index >= 15 is 0 Å². The highest BCUT2D eigenvalue weighted by molar-refractivity contribution is 5.44. The number of aromatic nitrogens is 1. The second-order valence-corrected chi connectivity index (χ2v) is 5.93. The van der Waals surface area contributed by atoms with Gasteiger partial charge in [-0.3, -0.25) is 0 Å². The summed E-state index contributed by atoms with van der Waals surface area (Å²) in [5.74, 6) is 2.05. The van der Waals surface area contributed by atoms with Crippen LogP contribution in [-0.4, -0.2) is 35.8 Å². The quantitative estimate of drug-likeness (QED) is 0.821. The second-order valence-electron chi connectivity index (χ2n) is 5.93. The van der Waals surface area contributed by atoms with Crippen LogP contribution in [0.4, 0.5) is 0 Å². The molecule has 0 bridgehead atoms. The highest BCUT2D eigenvalue weighted by Gasteiger charge is 2.39. The summed E-state index contributed by atoms with van der Waals surface area (Å²) >= 11 is 0. The van der Waals surface area contributed by atoms with Crippen LogP contribution in [0.15, 0.2) is 28.8 Å². The van der Waals surface area contributed by atoms with Crippen LogP contribution in [0.25, 0.3) is 0 Å². The smallest absolute Gasteiger partial charge is 0.231 e. The zero-order valence-corrected chi connectivity index (χ0v) is 12.6. The maximum absolute atomic E-state index is 9.05. The van der Waals surface area contributed by atoms with Gasteiger partial charge in [-0.2, -0.15) is 0 Å². The second kappa shape index (κ2) is 5.84. The number of benzene rings is 1. The van der Waals surface area contributed by atoms with Gasteiger partial charge in [-0.25, -0.2) is 0 Å². The van der Waals surface area contributed by atoms with Gasteiger partial charge >= 0.3 is 0 Å². The third-order valence-electron chi connectivity index (χ3n) is 4.14. The van der Waals surface area contributed by atoms with Gasteiger partial charge in [0.25, 0.3) is 0 Å². The van der Waals surface area contributed by atoms with Gasteiger partial charge in [0.2, 0.25) is 6.79 Å². The van der Waals surface area contributed by atoms with Crippen LogP contribution >= 0.6 is 0 Å². The minimum atomic E-state index is -0.153. The average Bonchev–Trinajstić information content (AvgIpc) is 3.18. The fourth-order valence-corrected chi connectivity index (χ4v) is 2.82. The van der Waals surface area contributed by atoms with Crippen molar-refractivity contribution in [2.45, 2.75) is 25.1 Å². The first kappa shape index (κ1) is 14.5. The Morgan fingerprint density at radius 2 is 2.04 bits per heavy atom. The molecule has 2 aliphatic heterocycles. The minimum Gasteiger partial charge on any atom is -0.454 e. The standard InChI is InChI=1S/C16H18N2O5/c19-7-13-4-12(18-23-13)5-16(8-20-9-16)17-6-11-1-2-14-15(3-11)22-10-21-14/h1-4,17,19H,5-10H2. The summed E-state index contributed by atoms with van der Waals surface area (Å²) in [5, 5.41) is 16.6. The van der Waals surface area contributed by atoms with Crippen molar-refractivity contribution in [3.8, 4) is 11.5 Å². The Morgan fingerprint density at radius 3 is 2.78 bits per heavy atom. The molecule has 0 unspecified atom stereocenters. The highest BCUT2D eigenvalue weighted by Crippen LogP contribution is 2.33. The number of hydrogen-bond acceptors (Lipinski definition) is 7. The van der Waals surface area contributed by atoms with Gasteiger partial charge in [0.15, 0.2) is 17.3 Å². The molecule has 0 saturated carbocycles. The number of aliphatic hydroxyl groups is 1. The van der Waals surface area contributed by atoms with Crippen LogP contribution in [0.2, 0.25) is 0 Å². The molecule has 1 fully saturated rings. The summed E-state index contributed by atoms with van der Waals surface area (Å²) in [4.78, 5) is 0. The van der Waals surface area contributed by atoms with E-state index in [0.29, 0.717) is 31.9 Å². The predicted octanol–water partition coefficient (Wildman–Crippen LogP) is 0.997. The van der Waals surface area contributed by atoms with Crippen molar-refractivity contribution in [2.24, 2.45) is 0 Å². The van der Waals surface area contributed by atoms with Crippen molar-refractivity contribution in [1.82, 2.24) is 10.5 Å². The molecule has 2 N–H and O–H groups in total. The van der Waals surface area contributed by atoms with Crippen LogP contribution in [0.3, 0.4) is 0 Å². The van der Waals surface area contributed by atoms with Crippen molar-refractivity contribution in [1.29, 1.82) is 0 Å². The maximum atomic E-state index is 9.05. The summed E-state index contributed by atoms with van der Waals surface area (Å²) in [5.41, 5.74) is 1.78. The number of nitrogens with one attached hydrogen (secondary N) is 1. The van der Waals surface area contributed by atoms with Gasteiger partial charge in [0.05, 0.1) is 24.4 Å². The van der Waals surface area contributed by atoms with E-state index < -0.39 is 0 Å². The van der Waals surface area contributed by atoms with Crippen LogP contribution in [0.5, 0.6) is 11.5 Å². The van der Waals surface area contributed by atoms with Gasteiger partial charge in [0, 0.05) is 19.0 Å². The first-order valence-electron chi connectivity index (χ1n) is 7.53. The minimum absolute atomic E-state index is 0.138. The van der Waals surface area contributed by atoms with Gasteiger partial charge in [-0.1, -0.05) is 11.2 Å². The van der Waals surface area contributed by atoms with E-state index in [1.807, 2.05) is 18.2 Å². The number of fused-ring (bicyclic) bond motifs is 1. The van der Waals surface area contributed by atoms with Crippen molar-refractivity contribution in [3.05, 3.63) is 41.3 Å². The molecule has 0 atom stereocenters. The molecule has 0 aliphatic carbocycles. The van der Waals surface area contributed by atoms with Gasteiger partial charge in [-0.05, 0) is 17.7 Å². The van der Waals surface area contributed by atoms with E-state index in [1.165, 1.54) is 0 Å². The Hall–Kier alpha value is -2.09. The van der Waals surface area contributed by atoms with E-state index in [0.717, 1.165) is 22.8 Å². The Balaban J connectivity index is 1.41. The average molecular weight is 318 g/mol. The summed E-state index contributed by atoms with van der Waals surface area (Å²) in [6.45, 7) is 2.09. The molecule has 1 aromatic heterocycles. The molecule has 3 heterocycles. The summed E-state index contributed by atoms with van der Waals surface area (Å²) in [6, 6.07) is 7.72. The molecule has 2 aromatic rings. The number of hydrogen-bond donors (Lipinski definition) is 2. The van der Waals surface area contributed by atoms with E-state index in [4.69, 9.17) is 23.8 Å². The number of ether oxygens (including phenoxy) is 3. The summed E-state index contributed by atoms with van der Waals surface area (Å²) in [7, 11) is 0. The SMILES string of the molecule is OCc1cc(CC2(NCc3ccc4c(c3)OCO4)COC2)no1. The maximum Gasteiger partial charge on any atom is 0.231 e. The molecule has 1 aromatic carbocycles. The number of rotatable bonds is 6. The zero-order chi connectivity index (χ0) is 15.7. The molecule has 7 nitrogen and oxygen atoms in total. The fourth-order valence-electron chi connectivity index (χ4n) is 2.82. The zero-order valence-electron chi connectivity index (χ0n) is 12.6. The normalized spacial score (nSPS) is 18.0. The van der Waals surface area contributed by atoms with E-state index in [1.54, 1.807) is 6.07 Å². The van der Waals surface area contributed by atoms with Crippen molar-refractivity contribution in [3.63, 3.8) is 0 Å². The van der Waals surface area contributed by atoms with Crippen molar-refractivity contribution >= 4 is 0 Å². The van der Waals surface area contributed by atoms with Crippen molar-refractivity contribution in [2.75, 3.05) is 20.0 Å². The Morgan fingerprint density at radius 1 is 1.17 bits per heavy atom. The molecule has 7 heteroatoms. The molecular weight excluding hydrogens is 300 g/mol. The van der Waals surface area contributed by atoms with Crippen LogP contribution in [0, 0.1) is 0 Å². The Labute approximate surface area is 133 Å². The third-order valence-corrected chi connectivity index (χ3v) is 4.14. The van der Waals surface area contributed by atoms with Crippen LogP contribution < -0.4 is 14.8 Å². The van der Waals surface area contributed by atoms with Crippen LogP contribution in [0.1, 0.15) is 17.0 Å². The topological polar surface area (TPSA) is 86.0 Å². The van der Waals surface area contributed by atoms with Gasteiger partial charge in [0.1, 0.15) is 6.61 Å². The molecule has 122 valence electrons. The monoisotopic (exact) mass is 318 g/mol. The molecule has 0 amide bonds. The molecule has 4 rings (SSSR count). The Bertz CT molecular complexity index is 696. The predicted molar refractivity (Wildman–Crippen MR) is 79.1 cm³/mol. The molecule has 0 radical (unpaired) electrons. The summed E-state index contributed by atoms with van der Waals surface area (Å²) in [6.07, 6.45) is 0.695. The van der Waals surface area contributed by atoms with E-state index in [2.05, 4.69) is 10.5 Å². The van der Waals surface area contributed by atoms with E-state index in [-0.39, 0.29) is 18.9 Å². The number of aliphatic hydroxyl groups excluding tert-OH is 1. The summed E-state index contributed by atoms with van der Waals surface area (Å²) < 4.78 is 21.2. The van der Waals surface area contributed by atoms with Gasteiger partial charge in [-0.15, -0.1) is 0 Å².